The van der Waals surface area contributed by atoms with E-state index in [9.17, 15) is 35.1 Å². The summed E-state index contributed by atoms with van der Waals surface area (Å²) < 4.78 is 6.27. The van der Waals surface area contributed by atoms with Gasteiger partial charge in [-0.25, -0.2) is 4.79 Å². The number of amides is 1. The molecule has 0 saturated heterocycles. The second-order valence-electron chi connectivity index (χ2n) is 6.66. The van der Waals surface area contributed by atoms with E-state index >= 15 is 0 Å². The standard InChI is InChI=1S/C21H15N5O7/c1-12-17(11-22)18(19(21(28)33-2)24(12)14-6-4-3-5-7-14)23-20(27)13-8-15(25(29)30)10-16(9-13)26(31)32/h3-10H,1-2H3,(H,23,27). The van der Waals surface area contributed by atoms with Crippen LogP contribution in [0.5, 0.6) is 0 Å². The number of nitro benzene ring substituents is 2. The van der Waals surface area contributed by atoms with Gasteiger partial charge in [-0.15, -0.1) is 0 Å². The number of aromatic nitrogens is 1. The minimum atomic E-state index is -0.992. The van der Waals surface area contributed by atoms with E-state index in [0.717, 1.165) is 19.2 Å². The van der Waals surface area contributed by atoms with Gasteiger partial charge in [0.05, 0.1) is 39.8 Å². The van der Waals surface area contributed by atoms with Gasteiger partial charge in [-0.3, -0.25) is 25.0 Å². The number of hydrogen-bond acceptors (Lipinski definition) is 8. The van der Waals surface area contributed by atoms with E-state index in [4.69, 9.17) is 4.74 Å². The molecule has 0 radical (unpaired) electrons. The molecule has 0 aliphatic carbocycles. The van der Waals surface area contributed by atoms with Crippen LogP contribution in [0, 0.1) is 38.5 Å². The molecule has 1 aromatic heterocycles. The lowest BCUT2D eigenvalue weighted by molar-refractivity contribution is -0.394. The van der Waals surface area contributed by atoms with Gasteiger partial charge >= 0.3 is 5.97 Å². The summed E-state index contributed by atoms with van der Waals surface area (Å²) >= 11 is 0. The Labute approximate surface area is 185 Å². The third-order valence-electron chi connectivity index (χ3n) is 4.74. The zero-order valence-electron chi connectivity index (χ0n) is 17.3. The Kier molecular flexibility index (Phi) is 6.16. The Balaban J connectivity index is 2.19. The van der Waals surface area contributed by atoms with E-state index in [1.807, 2.05) is 6.07 Å². The normalized spacial score (nSPS) is 10.2. The molecule has 0 aliphatic heterocycles. The smallest absolute Gasteiger partial charge is 0.357 e. The topological polar surface area (TPSA) is 170 Å². The van der Waals surface area contributed by atoms with Crippen LogP contribution in [0.25, 0.3) is 5.69 Å². The fraction of sp³-hybridized carbons (Fsp3) is 0.0952. The first kappa shape index (κ1) is 22.6. The highest BCUT2D eigenvalue weighted by molar-refractivity contribution is 6.09. The van der Waals surface area contributed by atoms with Crippen molar-refractivity contribution in [3.63, 3.8) is 0 Å². The van der Waals surface area contributed by atoms with Crippen LogP contribution in [0.15, 0.2) is 48.5 Å². The molecule has 2 aromatic carbocycles. The lowest BCUT2D eigenvalue weighted by Crippen LogP contribution is -2.17. The minimum Gasteiger partial charge on any atom is -0.464 e. The Bertz CT molecular complexity index is 1310. The molecule has 0 saturated carbocycles. The fourth-order valence-electron chi connectivity index (χ4n) is 3.26. The molecule has 12 heteroatoms. The number of nitrogens with zero attached hydrogens (tertiary/aromatic N) is 4. The maximum absolute atomic E-state index is 12.9. The van der Waals surface area contributed by atoms with Gasteiger partial charge in [0.25, 0.3) is 17.3 Å². The monoisotopic (exact) mass is 449 g/mol. The number of nitro groups is 2. The number of rotatable bonds is 6. The van der Waals surface area contributed by atoms with Crippen molar-refractivity contribution >= 4 is 28.9 Å². The molecule has 12 nitrogen and oxygen atoms in total. The largest absolute Gasteiger partial charge is 0.464 e. The van der Waals surface area contributed by atoms with Crippen LogP contribution in [-0.4, -0.2) is 33.4 Å². The summed E-state index contributed by atoms with van der Waals surface area (Å²) in [5, 5.41) is 34.4. The maximum Gasteiger partial charge on any atom is 0.357 e. The van der Waals surface area contributed by atoms with E-state index in [1.165, 1.54) is 4.57 Å². The summed E-state index contributed by atoms with van der Waals surface area (Å²) in [5.41, 5.74) is -1.30. The number of ether oxygens (including phenoxy) is 1. The predicted molar refractivity (Wildman–Crippen MR) is 114 cm³/mol. The first-order valence-corrected chi connectivity index (χ1v) is 9.24. The minimum absolute atomic E-state index is 0.0486. The van der Waals surface area contributed by atoms with E-state index in [1.54, 1.807) is 37.3 Å². The van der Waals surface area contributed by atoms with Gasteiger partial charge in [0.1, 0.15) is 6.07 Å². The van der Waals surface area contributed by atoms with E-state index in [0.29, 0.717) is 17.4 Å². The number of hydrogen-bond donors (Lipinski definition) is 1. The highest BCUT2D eigenvalue weighted by Crippen LogP contribution is 2.32. The van der Waals surface area contributed by atoms with Crippen molar-refractivity contribution < 1.29 is 24.2 Å². The predicted octanol–water partition coefficient (Wildman–Crippen LogP) is 3.51. The highest BCUT2D eigenvalue weighted by atomic mass is 16.6. The number of esters is 1. The molecule has 3 aromatic rings. The Morgan fingerprint density at radius 2 is 1.64 bits per heavy atom. The van der Waals surface area contributed by atoms with Gasteiger partial charge in [-0.05, 0) is 19.1 Å². The Hall–Kier alpha value is -5.05. The molecule has 1 amide bonds. The molecule has 1 N–H and O–H groups in total. The molecule has 0 aliphatic rings. The average Bonchev–Trinajstić information content (AvgIpc) is 3.09. The molecule has 0 spiro atoms. The molecule has 0 fully saturated rings. The van der Waals surface area contributed by atoms with E-state index in [2.05, 4.69) is 5.32 Å². The molecule has 1 heterocycles. The van der Waals surface area contributed by atoms with Crippen LogP contribution in [0.1, 0.15) is 32.1 Å². The fourth-order valence-corrected chi connectivity index (χ4v) is 3.26. The lowest BCUT2D eigenvalue weighted by atomic mass is 10.1. The van der Waals surface area contributed by atoms with Gasteiger partial charge in [0, 0.05) is 23.5 Å². The van der Waals surface area contributed by atoms with Crippen molar-refractivity contribution in [2.24, 2.45) is 0 Å². The Morgan fingerprint density at radius 3 is 2.12 bits per heavy atom. The van der Waals surface area contributed by atoms with Crippen molar-refractivity contribution in [3.05, 3.63) is 91.3 Å². The second-order valence-corrected chi connectivity index (χ2v) is 6.66. The number of para-hydroxylation sites is 1. The van der Waals surface area contributed by atoms with Crippen LogP contribution in [0.4, 0.5) is 17.1 Å². The number of carbonyl (C=O) groups excluding carboxylic acids is 2. The van der Waals surface area contributed by atoms with Gasteiger partial charge in [-0.2, -0.15) is 5.26 Å². The summed E-state index contributed by atoms with van der Waals surface area (Å²) in [5.74, 6) is -1.85. The molecule has 33 heavy (non-hydrogen) atoms. The van der Waals surface area contributed by atoms with Crippen molar-refractivity contribution in [2.75, 3.05) is 12.4 Å². The zero-order valence-corrected chi connectivity index (χ0v) is 17.3. The highest BCUT2D eigenvalue weighted by Gasteiger charge is 2.29. The molecular weight excluding hydrogens is 434 g/mol. The van der Waals surface area contributed by atoms with E-state index < -0.39 is 38.7 Å². The Morgan fingerprint density at radius 1 is 1.06 bits per heavy atom. The number of methoxy groups -OCH3 is 1. The number of nitriles is 1. The molecule has 0 atom stereocenters. The van der Waals surface area contributed by atoms with Gasteiger partial charge in [0.15, 0.2) is 5.69 Å². The molecule has 0 unspecified atom stereocenters. The van der Waals surface area contributed by atoms with Crippen LogP contribution in [0.3, 0.4) is 0 Å². The van der Waals surface area contributed by atoms with Crippen molar-refractivity contribution in [2.45, 2.75) is 6.92 Å². The summed E-state index contributed by atoms with van der Waals surface area (Å²) in [6, 6.07) is 12.9. The average molecular weight is 449 g/mol. The zero-order chi connectivity index (χ0) is 24.3. The lowest BCUT2D eigenvalue weighted by Gasteiger charge is -2.11. The van der Waals surface area contributed by atoms with Crippen LogP contribution >= 0.6 is 0 Å². The first-order chi connectivity index (χ1) is 15.7. The molecule has 0 bridgehead atoms. The summed E-state index contributed by atoms with van der Waals surface area (Å²) in [6.45, 7) is 1.56. The van der Waals surface area contributed by atoms with Crippen LogP contribution in [0.2, 0.25) is 0 Å². The van der Waals surface area contributed by atoms with Crippen molar-refractivity contribution in [3.8, 4) is 11.8 Å². The van der Waals surface area contributed by atoms with Crippen LogP contribution < -0.4 is 5.32 Å². The third kappa shape index (κ3) is 4.23. The van der Waals surface area contributed by atoms with Crippen molar-refractivity contribution in [1.82, 2.24) is 4.57 Å². The molecule has 166 valence electrons. The van der Waals surface area contributed by atoms with Gasteiger partial charge in [-0.1, -0.05) is 18.2 Å². The van der Waals surface area contributed by atoms with Crippen LogP contribution in [-0.2, 0) is 4.74 Å². The third-order valence-corrected chi connectivity index (χ3v) is 4.74. The summed E-state index contributed by atoms with van der Waals surface area (Å²) in [6.07, 6.45) is 0. The number of nitrogens with one attached hydrogen (secondary N) is 1. The van der Waals surface area contributed by atoms with Gasteiger partial charge in [0.2, 0.25) is 0 Å². The van der Waals surface area contributed by atoms with E-state index in [-0.39, 0.29) is 16.9 Å². The number of carbonyl (C=O) groups is 2. The SMILES string of the molecule is COC(=O)c1c(NC(=O)c2cc([N+](=O)[O-])cc([N+](=O)[O-])c2)c(C#N)c(C)n1-c1ccccc1. The molecular formula is C21H15N5O7. The summed E-state index contributed by atoms with van der Waals surface area (Å²) in [4.78, 5) is 46.1. The number of non-ortho nitro benzene ring substituents is 2. The van der Waals surface area contributed by atoms with Crippen molar-refractivity contribution in [1.29, 1.82) is 5.26 Å². The summed E-state index contributed by atoms with van der Waals surface area (Å²) in [7, 11) is 1.13. The second kappa shape index (κ2) is 8.98. The quantitative estimate of drug-likeness (QED) is 0.338. The van der Waals surface area contributed by atoms with Gasteiger partial charge < -0.3 is 14.6 Å². The first-order valence-electron chi connectivity index (χ1n) is 9.24. The molecule has 3 rings (SSSR count). The maximum atomic E-state index is 12.9. The number of anilines is 1. The number of benzene rings is 2.